The van der Waals surface area contributed by atoms with Crippen LogP contribution >= 0.6 is 0 Å². The van der Waals surface area contributed by atoms with E-state index in [9.17, 15) is 9.59 Å². The number of carbonyl (C=O) groups is 2. The monoisotopic (exact) mass is 340 g/mol. The highest BCUT2D eigenvalue weighted by molar-refractivity contribution is 5.93. The Morgan fingerprint density at radius 2 is 2.04 bits per heavy atom. The minimum absolute atomic E-state index is 0.234. The first-order valence-electron chi connectivity index (χ1n) is 8.09. The molecule has 130 valence electrons. The minimum Gasteiger partial charge on any atom is -0.370 e. The summed E-state index contributed by atoms with van der Waals surface area (Å²) in [7, 11) is 0. The van der Waals surface area contributed by atoms with Crippen LogP contribution in [0, 0.1) is 0 Å². The summed E-state index contributed by atoms with van der Waals surface area (Å²) in [4.78, 5) is 31.0. The average molecular weight is 340 g/mol. The fourth-order valence-electron chi connectivity index (χ4n) is 2.47. The molecule has 1 saturated carbocycles. The number of hydrogen-bond donors (Lipinski definition) is 4. The second-order valence-electron chi connectivity index (χ2n) is 5.98. The van der Waals surface area contributed by atoms with E-state index in [4.69, 9.17) is 11.5 Å². The van der Waals surface area contributed by atoms with Crippen LogP contribution in [0.3, 0.4) is 0 Å². The lowest BCUT2D eigenvalue weighted by atomic mass is 10.2. The highest BCUT2D eigenvalue weighted by atomic mass is 16.1. The zero-order valence-electron chi connectivity index (χ0n) is 13.7. The number of aromatic nitrogens is 2. The van der Waals surface area contributed by atoms with Gasteiger partial charge in [0, 0.05) is 36.0 Å². The summed E-state index contributed by atoms with van der Waals surface area (Å²) in [5.74, 6) is 0.696. The standard InChI is InChI=1S/C17H20N6O2/c18-14(24)6-7-20-16-13(10-4-5-10)9-21-17(23-16)22-12-3-1-2-11(8-12)15(19)25/h1-3,8-10H,4-7H2,(H2,18,24)(H2,19,25)(H2,20,21,22,23). The van der Waals surface area contributed by atoms with Gasteiger partial charge >= 0.3 is 0 Å². The summed E-state index contributed by atoms with van der Waals surface area (Å²) in [6.07, 6.45) is 4.25. The third-order valence-electron chi connectivity index (χ3n) is 3.90. The Morgan fingerprint density at radius 1 is 1.24 bits per heavy atom. The first-order valence-corrected chi connectivity index (χ1v) is 8.09. The van der Waals surface area contributed by atoms with Crippen molar-refractivity contribution in [3.63, 3.8) is 0 Å². The van der Waals surface area contributed by atoms with E-state index in [0.717, 1.165) is 18.4 Å². The third-order valence-corrected chi connectivity index (χ3v) is 3.90. The van der Waals surface area contributed by atoms with Crippen molar-refractivity contribution in [3.8, 4) is 0 Å². The molecule has 0 atom stereocenters. The quantitative estimate of drug-likeness (QED) is 0.574. The molecular formula is C17H20N6O2. The number of nitrogens with zero attached hydrogens (tertiary/aromatic N) is 2. The van der Waals surface area contributed by atoms with Crippen LogP contribution in [-0.4, -0.2) is 28.3 Å². The van der Waals surface area contributed by atoms with Crippen molar-refractivity contribution in [2.75, 3.05) is 17.2 Å². The first-order chi connectivity index (χ1) is 12.0. The van der Waals surface area contributed by atoms with E-state index >= 15 is 0 Å². The molecule has 0 saturated heterocycles. The lowest BCUT2D eigenvalue weighted by molar-refractivity contribution is -0.117. The molecule has 0 bridgehead atoms. The molecule has 8 nitrogen and oxygen atoms in total. The van der Waals surface area contributed by atoms with Gasteiger partial charge in [-0.15, -0.1) is 0 Å². The van der Waals surface area contributed by atoms with Gasteiger partial charge in [0.1, 0.15) is 5.82 Å². The van der Waals surface area contributed by atoms with Crippen molar-refractivity contribution in [3.05, 3.63) is 41.6 Å². The van der Waals surface area contributed by atoms with Gasteiger partial charge < -0.3 is 22.1 Å². The maximum Gasteiger partial charge on any atom is 0.248 e. The number of nitrogens with two attached hydrogens (primary N) is 2. The van der Waals surface area contributed by atoms with Gasteiger partial charge in [0.15, 0.2) is 0 Å². The number of primary amides is 2. The molecule has 1 aliphatic carbocycles. The molecule has 25 heavy (non-hydrogen) atoms. The van der Waals surface area contributed by atoms with Gasteiger partial charge in [0.05, 0.1) is 0 Å². The predicted molar refractivity (Wildman–Crippen MR) is 94.6 cm³/mol. The summed E-state index contributed by atoms with van der Waals surface area (Å²) in [5.41, 5.74) is 12.6. The highest BCUT2D eigenvalue weighted by Crippen LogP contribution is 2.42. The van der Waals surface area contributed by atoms with Gasteiger partial charge in [-0.3, -0.25) is 9.59 Å². The number of hydrogen-bond acceptors (Lipinski definition) is 6. The molecular weight excluding hydrogens is 320 g/mol. The molecule has 0 aliphatic heterocycles. The predicted octanol–water partition coefficient (Wildman–Crippen LogP) is 1.48. The van der Waals surface area contributed by atoms with E-state index < -0.39 is 5.91 Å². The number of anilines is 3. The lowest BCUT2D eigenvalue weighted by Gasteiger charge is -2.12. The fraction of sp³-hybridized carbons (Fsp3) is 0.294. The molecule has 2 aromatic rings. The van der Waals surface area contributed by atoms with Gasteiger partial charge in [-0.1, -0.05) is 6.07 Å². The second-order valence-corrected chi connectivity index (χ2v) is 5.98. The molecule has 0 spiro atoms. The Hall–Kier alpha value is -3.16. The molecule has 8 heteroatoms. The van der Waals surface area contributed by atoms with Crippen molar-refractivity contribution in [2.24, 2.45) is 11.5 Å². The molecule has 1 aliphatic rings. The largest absolute Gasteiger partial charge is 0.370 e. The topological polar surface area (TPSA) is 136 Å². The van der Waals surface area contributed by atoms with Crippen molar-refractivity contribution in [2.45, 2.75) is 25.2 Å². The van der Waals surface area contributed by atoms with Crippen LogP contribution in [0.5, 0.6) is 0 Å². The highest BCUT2D eigenvalue weighted by Gasteiger charge is 2.27. The van der Waals surface area contributed by atoms with Gasteiger partial charge in [0.2, 0.25) is 17.8 Å². The van der Waals surface area contributed by atoms with Crippen molar-refractivity contribution in [1.82, 2.24) is 9.97 Å². The average Bonchev–Trinajstić information content (AvgIpc) is 3.40. The van der Waals surface area contributed by atoms with Crippen molar-refractivity contribution in [1.29, 1.82) is 0 Å². The minimum atomic E-state index is -0.498. The third kappa shape index (κ3) is 4.43. The summed E-state index contributed by atoms with van der Waals surface area (Å²) in [5, 5.41) is 6.22. The van der Waals surface area contributed by atoms with Gasteiger partial charge in [-0.05, 0) is 37.0 Å². The molecule has 0 radical (unpaired) electrons. The first kappa shape index (κ1) is 16.7. The zero-order chi connectivity index (χ0) is 17.8. The van der Waals surface area contributed by atoms with E-state index in [-0.39, 0.29) is 12.3 Å². The summed E-state index contributed by atoms with van der Waals surface area (Å²) >= 11 is 0. The normalized spacial score (nSPS) is 13.3. The molecule has 3 rings (SSSR count). The Morgan fingerprint density at radius 3 is 2.72 bits per heavy atom. The Bertz CT molecular complexity index is 803. The van der Waals surface area contributed by atoms with Crippen LogP contribution in [0.15, 0.2) is 30.5 Å². The smallest absolute Gasteiger partial charge is 0.248 e. The molecule has 1 fully saturated rings. The van der Waals surface area contributed by atoms with Crippen LogP contribution < -0.4 is 22.1 Å². The molecule has 2 amide bonds. The van der Waals surface area contributed by atoms with Gasteiger partial charge in [0.25, 0.3) is 0 Å². The van der Waals surface area contributed by atoms with Crippen LogP contribution in [0.2, 0.25) is 0 Å². The number of nitrogens with one attached hydrogen (secondary N) is 2. The number of rotatable bonds is 8. The Labute approximate surface area is 145 Å². The molecule has 1 heterocycles. The van der Waals surface area contributed by atoms with E-state index in [1.54, 1.807) is 30.5 Å². The van der Waals surface area contributed by atoms with E-state index in [0.29, 0.717) is 35.5 Å². The Balaban J connectivity index is 1.78. The van der Waals surface area contributed by atoms with Crippen LogP contribution in [-0.2, 0) is 4.79 Å². The SMILES string of the molecule is NC(=O)CCNc1nc(Nc2cccc(C(N)=O)c2)ncc1C1CC1. The zero-order valence-corrected chi connectivity index (χ0v) is 13.7. The number of carbonyl (C=O) groups excluding carboxylic acids is 2. The fourth-order valence-corrected chi connectivity index (χ4v) is 2.47. The van der Waals surface area contributed by atoms with Gasteiger partial charge in [-0.25, -0.2) is 4.98 Å². The Kier molecular flexibility index (Phi) is 4.78. The van der Waals surface area contributed by atoms with Crippen molar-refractivity contribution >= 4 is 29.3 Å². The summed E-state index contributed by atoms with van der Waals surface area (Å²) < 4.78 is 0. The van der Waals surface area contributed by atoms with Crippen molar-refractivity contribution < 1.29 is 9.59 Å². The number of amides is 2. The van der Waals surface area contributed by atoms with Crippen LogP contribution in [0.1, 0.15) is 41.1 Å². The molecule has 1 aromatic heterocycles. The maximum atomic E-state index is 11.3. The molecule has 1 aromatic carbocycles. The van der Waals surface area contributed by atoms with Crippen LogP contribution in [0.4, 0.5) is 17.5 Å². The summed E-state index contributed by atoms with van der Waals surface area (Å²) in [6.45, 7) is 0.419. The van der Waals surface area contributed by atoms with Gasteiger partial charge in [-0.2, -0.15) is 4.98 Å². The van der Waals surface area contributed by atoms with Crippen LogP contribution in [0.25, 0.3) is 0 Å². The number of benzene rings is 1. The second kappa shape index (κ2) is 7.16. The van der Waals surface area contributed by atoms with E-state index in [1.165, 1.54) is 0 Å². The molecule has 0 unspecified atom stereocenters. The lowest BCUT2D eigenvalue weighted by Crippen LogP contribution is -2.17. The summed E-state index contributed by atoms with van der Waals surface area (Å²) in [6, 6.07) is 6.81. The maximum absolute atomic E-state index is 11.3. The van der Waals surface area contributed by atoms with E-state index in [2.05, 4.69) is 20.6 Å². The van der Waals surface area contributed by atoms with E-state index in [1.807, 2.05) is 0 Å². The molecule has 6 N–H and O–H groups in total.